The highest BCUT2D eigenvalue weighted by atomic mass is 28.4. The molecule has 0 saturated carbocycles. The van der Waals surface area contributed by atoms with Gasteiger partial charge in [-0.05, 0) is 81.3 Å². The molecule has 57 heavy (non-hydrogen) atoms. The largest absolute Gasteiger partial charge is 0.497 e. The lowest BCUT2D eigenvalue weighted by atomic mass is 9.83. The molecule has 0 N–H and O–H groups in total. The van der Waals surface area contributed by atoms with Gasteiger partial charge < -0.3 is 37.6 Å². The van der Waals surface area contributed by atoms with E-state index in [1.54, 1.807) is 21.3 Å². The maximum absolute atomic E-state index is 14.1. The van der Waals surface area contributed by atoms with Crippen LogP contribution in [0, 0.1) is 34.5 Å². The summed E-state index contributed by atoms with van der Waals surface area (Å²) in [6.45, 7) is 31.5. The first-order valence-corrected chi connectivity index (χ1v) is 24.2. The Morgan fingerprint density at radius 2 is 1.42 bits per heavy atom. The number of hydrogen-bond acceptors (Lipinski definition) is 10. The van der Waals surface area contributed by atoms with E-state index in [0.717, 1.165) is 11.3 Å². The molecule has 8 atom stereocenters. The summed E-state index contributed by atoms with van der Waals surface area (Å²) < 4.78 is 49.1. The second-order valence-electron chi connectivity index (χ2n) is 20.1. The Morgan fingerprint density at radius 1 is 0.842 bits per heavy atom. The molecule has 11 heteroatoms. The minimum atomic E-state index is -2.20. The number of carbonyl (C=O) groups excluding carboxylic acids is 2. The fourth-order valence-electron chi connectivity index (χ4n) is 7.02. The predicted molar refractivity (Wildman–Crippen MR) is 230 cm³/mol. The average Bonchev–Trinajstić information content (AvgIpc) is 3.13. The van der Waals surface area contributed by atoms with Crippen LogP contribution in [0.15, 0.2) is 24.3 Å². The standard InChI is InChI=1S/C46H82O10Si/c1-31(39(51-15)27-40(56-57(16,17)45(8,9)10)34(4)38(50-14)24-25-52-43(48)44(5,6)7)18-23-37(47)33(3)42(53-28-35-19-21-36(49-13)22-20-35)32(2)26-41-54-29-46(11,12)30-55-41/h19-22,31-34,38-42H,18,23-30H2,1-17H3/t31-,32-,33+,34-,38+,39+,40+,42-/m0/s1. The molecular formula is C46H82O10Si. The number of benzene rings is 1. The summed E-state index contributed by atoms with van der Waals surface area (Å²) in [6.07, 6.45) is 1.78. The van der Waals surface area contributed by atoms with Crippen molar-refractivity contribution in [3.05, 3.63) is 29.8 Å². The van der Waals surface area contributed by atoms with E-state index < -0.39 is 13.7 Å². The number of carbonyl (C=O) groups is 2. The van der Waals surface area contributed by atoms with Crippen LogP contribution in [0.3, 0.4) is 0 Å². The highest BCUT2D eigenvalue weighted by molar-refractivity contribution is 6.74. The van der Waals surface area contributed by atoms with E-state index in [-0.39, 0.29) is 83.2 Å². The van der Waals surface area contributed by atoms with Crippen LogP contribution in [0.25, 0.3) is 0 Å². The molecule has 1 fully saturated rings. The van der Waals surface area contributed by atoms with Crippen LogP contribution in [0.5, 0.6) is 5.75 Å². The van der Waals surface area contributed by atoms with Crippen molar-refractivity contribution in [1.82, 2.24) is 0 Å². The summed E-state index contributed by atoms with van der Waals surface area (Å²) in [5.41, 5.74) is 0.428. The van der Waals surface area contributed by atoms with Crippen molar-refractivity contribution in [3.8, 4) is 5.75 Å². The maximum atomic E-state index is 14.1. The van der Waals surface area contributed by atoms with Gasteiger partial charge in [-0.15, -0.1) is 0 Å². The van der Waals surface area contributed by atoms with Crippen LogP contribution in [-0.4, -0.2) is 91.9 Å². The molecule has 0 aromatic heterocycles. The van der Waals surface area contributed by atoms with E-state index in [4.69, 9.17) is 37.6 Å². The number of esters is 1. The van der Waals surface area contributed by atoms with Gasteiger partial charge in [0.25, 0.3) is 0 Å². The van der Waals surface area contributed by atoms with Crippen LogP contribution < -0.4 is 4.74 Å². The third kappa shape index (κ3) is 16.6. The SMILES string of the molecule is COc1ccc(CO[C@H]([C@H](C)C(=O)CC[C@H](C)[C@@H](C[C@@H](O[Si](C)(C)C(C)(C)C)[C@@H](C)[C@@H](CCOC(=O)C(C)(C)C)OC)OC)[C@@H](C)CC2OCC(C)(C)CO2)cc1. The summed E-state index contributed by atoms with van der Waals surface area (Å²) in [5, 5.41) is 0.00146. The summed E-state index contributed by atoms with van der Waals surface area (Å²) in [4.78, 5) is 26.6. The van der Waals surface area contributed by atoms with E-state index in [9.17, 15) is 9.59 Å². The summed E-state index contributed by atoms with van der Waals surface area (Å²) >= 11 is 0. The lowest BCUT2D eigenvalue weighted by Crippen LogP contribution is -2.49. The molecule has 1 aliphatic rings. The molecule has 1 aliphatic heterocycles. The quantitative estimate of drug-likeness (QED) is 0.0739. The molecule has 0 aliphatic carbocycles. The van der Waals surface area contributed by atoms with Gasteiger partial charge in [0.15, 0.2) is 14.6 Å². The molecule has 1 saturated heterocycles. The number of rotatable bonds is 24. The number of Topliss-reactive ketones (excluding diaryl/α,β-unsaturated/α-hetero) is 1. The number of hydrogen-bond donors (Lipinski definition) is 0. The molecule has 10 nitrogen and oxygen atoms in total. The van der Waals surface area contributed by atoms with Gasteiger partial charge in [0.1, 0.15) is 11.5 Å². The van der Waals surface area contributed by atoms with E-state index in [0.29, 0.717) is 51.9 Å². The Labute approximate surface area is 348 Å². The van der Waals surface area contributed by atoms with Gasteiger partial charge in [-0.25, -0.2) is 0 Å². The summed E-state index contributed by atoms with van der Waals surface area (Å²) in [6, 6.07) is 7.84. The Bertz CT molecular complexity index is 1320. The van der Waals surface area contributed by atoms with E-state index in [1.165, 1.54) is 0 Å². The minimum absolute atomic E-state index is 0.00146. The Morgan fingerprint density at radius 3 is 1.93 bits per heavy atom. The predicted octanol–water partition coefficient (Wildman–Crippen LogP) is 10.1. The second-order valence-corrected chi connectivity index (χ2v) is 24.8. The van der Waals surface area contributed by atoms with Gasteiger partial charge >= 0.3 is 5.97 Å². The topological polar surface area (TPSA) is 108 Å². The first-order chi connectivity index (χ1) is 26.3. The molecule has 0 unspecified atom stereocenters. The first kappa shape index (κ1) is 51.3. The molecule has 0 amide bonds. The fourth-order valence-corrected chi connectivity index (χ4v) is 8.44. The van der Waals surface area contributed by atoms with Crippen molar-refractivity contribution in [2.45, 2.75) is 171 Å². The van der Waals surface area contributed by atoms with Crippen LogP contribution in [-0.2, 0) is 49.0 Å². The molecular weight excluding hydrogens is 741 g/mol. The number of methoxy groups -OCH3 is 3. The van der Waals surface area contributed by atoms with E-state index in [2.05, 4.69) is 68.5 Å². The van der Waals surface area contributed by atoms with Crippen LogP contribution in [0.4, 0.5) is 0 Å². The van der Waals surface area contributed by atoms with Gasteiger partial charge in [0.05, 0.1) is 63.4 Å². The van der Waals surface area contributed by atoms with Gasteiger partial charge in [-0.1, -0.05) is 74.4 Å². The molecule has 1 heterocycles. The van der Waals surface area contributed by atoms with Crippen molar-refractivity contribution in [1.29, 1.82) is 0 Å². The molecule has 2 rings (SSSR count). The minimum Gasteiger partial charge on any atom is -0.497 e. The molecule has 0 radical (unpaired) electrons. The van der Waals surface area contributed by atoms with Gasteiger partial charge in [-0.2, -0.15) is 0 Å². The normalized spacial score (nSPS) is 19.8. The maximum Gasteiger partial charge on any atom is 0.311 e. The summed E-state index contributed by atoms with van der Waals surface area (Å²) in [5.74, 6) is 0.487. The van der Waals surface area contributed by atoms with Gasteiger partial charge in [-0.3, -0.25) is 9.59 Å². The lowest BCUT2D eigenvalue weighted by molar-refractivity contribution is -0.231. The monoisotopic (exact) mass is 823 g/mol. The van der Waals surface area contributed by atoms with Crippen molar-refractivity contribution in [2.75, 3.05) is 41.2 Å². The molecule has 1 aromatic rings. The van der Waals surface area contributed by atoms with Crippen molar-refractivity contribution < 1.29 is 47.2 Å². The second kappa shape index (κ2) is 22.7. The van der Waals surface area contributed by atoms with Gasteiger partial charge in [0.2, 0.25) is 0 Å². The first-order valence-electron chi connectivity index (χ1n) is 21.3. The Kier molecular flexibility index (Phi) is 20.4. The molecule has 0 bridgehead atoms. The smallest absolute Gasteiger partial charge is 0.311 e. The van der Waals surface area contributed by atoms with Gasteiger partial charge in [0, 0.05) is 50.7 Å². The zero-order valence-electron chi connectivity index (χ0n) is 39.0. The fraction of sp³-hybridized carbons (Fsp3) is 0.826. The highest BCUT2D eigenvalue weighted by Gasteiger charge is 2.43. The molecule has 330 valence electrons. The molecule has 0 spiro atoms. The van der Waals surface area contributed by atoms with Crippen LogP contribution >= 0.6 is 0 Å². The third-order valence-electron chi connectivity index (χ3n) is 12.3. The Hall–Kier alpha value is -1.86. The zero-order valence-corrected chi connectivity index (χ0v) is 40.0. The Balaban J connectivity index is 2.20. The zero-order chi connectivity index (χ0) is 43.4. The summed E-state index contributed by atoms with van der Waals surface area (Å²) in [7, 11) is 2.91. The number of ketones is 1. The van der Waals surface area contributed by atoms with E-state index >= 15 is 0 Å². The highest BCUT2D eigenvalue weighted by Crippen LogP contribution is 2.40. The van der Waals surface area contributed by atoms with Crippen molar-refractivity contribution in [2.24, 2.45) is 34.5 Å². The molecule has 1 aromatic carbocycles. The van der Waals surface area contributed by atoms with Crippen molar-refractivity contribution >= 4 is 20.1 Å². The van der Waals surface area contributed by atoms with Crippen molar-refractivity contribution in [3.63, 3.8) is 0 Å². The number of ether oxygens (including phenoxy) is 7. The van der Waals surface area contributed by atoms with Crippen LogP contribution in [0.1, 0.15) is 121 Å². The third-order valence-corrected chi connectivity index (χ3v) is 16.8. The average molecular weight is 823 g/mol. The van der Waals surface area contributed by atoms with E-state index in [1.807, 2.05) is 52.0 Å². The van der Waals surface area contributed by atoms with Crippen LogP contribution in [0.2, 0.25) is 18.1 Å². The lowest BCUT2D eigenvalue weighted by Gasteiger charge is -2.43.